The van der Waals surface area contributed by atoms with Crippen molar-refractivity contribution in [1.29, 1.82) is 0 Å². The predicted octanol–water partition coefficient (Wildman–Crippen LogP) is 4.88. The maximum atomic E-state index is 13.4. The number of hydrogen-bond donors (Lipinski definition) is 1. The molecule has 1 aliphatic carbocycles. The third-order valence-corrected chi connectivity index (χ3v) is 7.29. The number of rotatable bonds is 8. The summed E-state index contributed by atoms with van der Waals surface area (Å²) < 4.78 is 5.35. The Balaban J connectivity index is 1.38. The van der Waals surface area contributed by atoms with Gasteiger partial charge in [0.15, 0.2) is 5.66 Å². The molecule has 1 N–H and O–H groups in total. The minimum atomic E-state index is -0.861. The van der Waals surface area contributed by atoms with Crippen LogP contribution >= 0.6 is 11.6 Å². The van der Waals surface area contributed by atoms with Crippen LogP contribution in [0.25, 0.3) is 0 Å². The van der Waals surface area contributed by atoms with Crippen LogP contribution in [-0.4, -0.2) is 53.4 Å². The number of hydrazine groups is 1. The zero-order valence-corrected chi connectivity index (χ0v) is 21.1. The van der Waals surface area contributed by atoms with Crippen LogP contribution in [0, 0.1) is 0 Å². The van der Waals surface area contributed by atoms with Crippen molar-refractivity contribution < 1.29 is 9.53 Å². The van der Waals surface area contributed by atoms with Gasteiger partial charge in [-0.05, 0) is 49.2 Å². The van der Waals surface area contributed by atoms with E-state index in [0.717, 1.165) is 42.4 Å². The van der Waals surface area contributed by atoms with Crippen LogP contribution in [0.4, 0.5) is 0 Å². The van der Waals surface area contributed by atoms with Crippen molar-refractivity contribution in [2.24, 2.45) is 4.99 Å². The quantitative estimate of drug-likeness (QED) is 0.474. The molecule has 1 aromatic heterocycles. The van der Waals surface area contributed by atoms with E-state index < -0.39 is 5.66 Å². The summed E-state index contributed by atoms with van der Waals surface area (Å²) in [6.07, 6.45) is 9.73. The number of nitrogens with one attached hydrogen (secondary N) is 1. The van der Waals surface area contributed by atoms with Gasteiger partial charge in [-0.2, -0.15) is 5.43 Å². The lowest BCUT2D eigenvalue weighted by molar-refractivity contribution is 0.0659. The lowest BCUT2D eigenvalue weighted by atomic mass is 9.93. The second kappa shape index (κ2) is 10.7. The van der Waals surface area contributed by atoms with Gasteiger partial charge in [0.25, 0.3) is 5.91 Å². The molecule has 1 unspecified atom stereocenters. The Morgan fingerprint density at radius 2 is 1.86 bits per heavy atom. The van der Waals surface area contributed by atoms with E-state index in [0.29, 0.717) is 23.9 Å². The molecule has 0 bridgehead atoms. The van der Waals surface area contributed by atoms with Crippen molar-refractivity contribution in [3.63, 3.8) is 0 Å². The maximum absolute atomic E-state index is 13.4. The standard InChI is InChI=1S/C28H30ClN5O2/c1-36-26-12-11-23(19-25(26)29)28(22-13-15-30-16-14-22)31-20-33(32-28)17-18-34(24-9-5-6-10-24)27(35)21-7-3-2-4-8-21/h2-4,7-8,11-16,19-20,24,32H,5-6,9-10,17-18H2,1H3. The summed E-state index contributed by atoms with van der Waals surface area (Å²) in [5, 5.41) is 2.47. The highest BCUT2D eigenvalue weighted by Gasteiger charge is 2.39. The van der Waals surface area contributed by atoms with Crippen molar-refractivity contribution >= 4 is 23.8 Å². The molecule has 1 aliphatic heterocycles. The molecule has 186 valence electrons. The van der Waals surface area contributed by atoms with Gasteiger partial charge >= 0.3 is 0 Å². The van der Waals surface area contributed by atoms with Crippen molar-refractivity contribution in [3.05, 3.63) is 94.8 Å². The summed E-state index contributed by atoms with van der Waals surface area (Å²) in [7, 11) is 1.60. The van der Waals surface area contributed by atoms with Gasteiger partial charge in [0.2, 0.25) is 0 Å². The molecule has 1 saturated carbocycles. The molecular formula is C28H30ClN5O2. The highest BCUT2D eigenvalue weighted by molar-refractivity contribution is 6.32. The molecule has 1 fully saturated rings. The number of pyridine rings is 1. The number of nitrogens with zero attached hydrogens (tertiary/aromatic N) is 4. The highest BCUT2D eigenvalue weighted by atomic mass is 35.5. The lowest BCUT2D eigenvalue weighted by Crippen LogP contribution is -2.49. The lowest BCUT2D eigenvalue weighted by Gasteiger charge is -2.33. The molecule has 1 amide bonds. The number of carbonyl (C=O) groups excluding carboxylic acids is 1. The fourth-order valence-electron chi connectivity index (χ4n) is 5.09. The number of halogens is 1. The summed E-state index contributed by atoms with van der Waals surface area (Å²) in [6, 6.07) is 19.4. The second-order valence-corrected chi connectivity index (χ2v) is 9.56. The van der Waals surface area contributed by atoms with Crippen LogP contribution in [0.3, 0.4) is 0 Å². The Hall–Kier alpha value is -3.42. The Kier molecular flexibility index (Phi) is 7.20. The van der Waals surface area contributed by atoms with Crippen LogP contribution < -0.4 is 10.2 Å². The first kappa shape index (κ1) is 24.3. The molecule has 1 atom stereocenters. The van der Waals surface area contributed by atoms with E-state index in [9.17, 15) is 4.79 Å². The summed E-state index contributed by atoms with van der Waals surface area (Å²) in [4.78, 5) is 24.6. The summed E-state index contributed by atoms with van der Waals surface area (Å²) >= 11 is 6.49. The summed E-state index contributed by atoms with van der Waals surface area (Å²) in [5.74, 6) is 0.691. The molecule has 36 heavy (non-hydrogen) atoms. The number of aromatic nitrogens is 1. The maximum Gasteiger partial charge on any atom is 0.254 e. The Labute approximate surface area is 216 Å². The zero-order valence-electron chi connectivity index (χ0n) is 20.3. The Morgan fingerprint density at radius 3 is 2.56 bits per heavy atom. The molecule has 3 aromatic rings. The largest absolute Gasteiger partial charge is 0.495 e. The molecule has 2 heterocycles. The topological polar surface area (TPSA) is 70.1 Å². The number of methoxy groups -OCH3 is 1. The summed E-state index contributed by atoms with van der Waals surface area (Å²) in [6.45, 7) is 1.18. The van der Waals surface area contributed by atoms with E-state index in [2.05, 4.69) is 10.4 Å². The molecule has 0 spiro atoms. The monoisotopic (exact) mass is 503 g/mol. The minimum Gasteiger partial charge on any atom is -0.495 e. The van der Waals surface area contributed by atoms with E-state index in [4.69, 9.17) is 21.3 Å². The molecule has 7 nitrogen and oxygen atoms in total. The van der Waals surface area contributed by atoms with Gasteiger partial charge in [0.1, 0.15) is 12.1 Å². The summed E-state index contributed by atoms with van der Waals surface area (Å²) in [5.41, 5.74) is 5.26. The Morgan fingerprint density at radius 1 is 1.11 bits per heavy atom. The van der Waals surface area contributed by atoms with E-state index in [1.807, 2.05) is 70.6 Å². The number of ether oxygens (including phenoxy) is 1. The number of benzene rings is 2. The molecule has 8 heteroatoms. The van der Waals surface area contributed by atoms with E-state index in [1.165, 1.54) is 0 Å². The molecule has 0 radical (unpaired) electrons. The van der Waals surface area contributed by atoms with Crippen molar-refractivity contribution in [2.45, 2.75) is 37.4 Å². The van der Waals surface area contributed by atoms with Gasteiger partial charge in [-0.1, -0.05) is 48.7 Å². The second-order valence-electron chi connectivity index (χ2n) is 9.15. The number of amides is 1. The van der Waals surface area contributed by atoms with E-state index in [1.54, 1.807) is 25.8 Å². The normalized spacial score (nSPS) is 19.6. The van der Waals surface area contributed by atoms with Crippen LogP contribution in [-0.2, 0) is 5.66 Å². The van der Waals surface area contributed by atoms with Crippen molar-refractivity contribution in [1.82, 2.24) is 20.3 Å². The average molecular weight is 504 g/mol. The third-order valence-electron chi connectivity index (χ3n) is 6.99. The van der Waals surface area contributed by atoms with E-state index in [-0.39, 0.29) is 11.9 Å². The van der Waals surface area contributed by atoms with Gasteiger partial charge < -0.3 is 9.64 Å². The van der Waals surface area contributed by atoms with Crippen molar-refractivity contribution in [2.75, 3.05) is 20.2 Å². The Bertz CT molecular complexity index is 1220. The number of hydrogen-bond acceptors (Lipinski definition) is 6. The van der Waals surface area contributed by atoms with Gasteiger partial charge in [-0.15, -0.1) is 0 Å². The molecule has 0 saturated heterocycles. The molecular weight excluding hydrogens is 474 g/mol. The average Bonchev–Trinajstić information content (AvgIpc) is 3.61. The first-order valence-corrected chi connectivity index (χ1v) is 12.7. The molecule has 2 aromatic carbocycles. The van der Waals surface area contributed by atoms with Gasteiger partial charge in [0.05, 0.1) is 18.7 Å². The third kappa shape index (κ3) is 4.81. The molecule has 2 aliphatic rings. The predicted molar refractivity (Wildman–Crippen MR) is 141 cm³/mol. The van der Waals surface area contributed by atoms with Gasteiger partial charge in [-0.25, -0.2) is 4.99 Å². The number of carbonyl (C=O) groups is 1. The fraction of sp³-hybridized carbons (Fsp3) is 0.321. The molecule has 5 rings (SSSR count). The first-order chi connectivity index (χ1) is 17.6. The van der Waals surface area contributed by atoms with Crippen LogP contribution in [0.5, 0.6) is 5.75 Å². The SMILES string of the molecule is COc1ccc(C2(c3ccncc3)N=CN(CCN(C(=O)c3ccccc3)C3CCCC3)N2)cc1Cl. The van der Waals surface area contributed by atoms with Gasteiger partial charge in [-0.3, -0.25) is 14.8 Å². The fourth-order valence-corrected chi connectivity index (χ4v) is 5.35. The van der Waals surface area contributed by atoms with Crippen LogP contribution in [0.1, 0.15) is 47.2 Å². The van der Waals surface area contributed by atoms with E-state index >= 15 is 0 Å². The number of aliphatic imine (C=N–C) groups is 1. The van der Waals surface area contributed by atoms with Crippen LogP contribution in [0.15, 0.2) is 78.0 Å². The minimum absolute atomic E-state index is 0.0842. The van der Waals surface area contributed by atoms with Gasteiger partial charge in [0, 0.05) is 41.7 Å². The van der Waals surface area contributed by atoms with Crippen LogP contribution in [0.2, 0.25) is 5.02 Å². The zero-order chi connectivity index (χ0) is 25.0. The van der Waals surface area contributed by atoms with Crippen molar-refractivity contribution in [3.8, 4) is 5.75 Å². The highest BCUT2D eigenvalue weighted by Crippen LogP contribution is 2.37. The smallest absolute Gasteiger partial charge is 0.254 e. The first-order valence-electron chi connectivity index (χ1n) is 12.3.